The number of benzene rings is 2. The minimum atomic E-state index is -4.89. The van der Waals surface area contributed by atoms with Crippen molar-refractivity contribution in [3.8, 4) is 6.07 Å². The molecule has 2 aromatic carbocycles. The van der Waals surface area contributed by atoms with Crippen molar-refractivity contribution in [3.05, 3.63) is 83.2 Å². The van der Waals surface area contributed by atoms with E-state index in [9.17, 15) is 22.4 Å². The van der Waals surface area contributed by atoms with E-state index in [2.05, 4.69) is 6.58 Å². The Kier molecular flexibility index (Phi) is 5.78. The quantitative estimate of drug-likeness (QED) is 0.579. The molecule has 7 heteroatoms. The first kappa shape index (κ1) is 19.2. The lowest BCUT2D eigenvalue weighted by Crippen LogP contribution is -2.31. The molecular weight excluding hydrogens is 348 g/mol. The summed E-state index contributed by atoms with van der Waals surface area (Å²) in [6.45, 7) is 3.74. The Morgan fingerprint density at radius 1 is 1.19 bits per heavy atom. The molecule has 0 heterocycles. The number of hydrogen-bond acceptors (Lipinski definition) is 2. The highest BCUT2D eigenvalue weighted by Crippen LogP contribution is 2.32. The number of rotatable bonds is 5. The summed E-state index contributed by atoms with van der Waals surface area (Å²) in [6, 6.07) is 10.6. The molecule has 0 spiro atoms. The van der Waals surface area contributed by atoms with Crippen molar-refractivity contribution < 1.29 is 22.4 Å². The summed E-state index contributed by atoms with van der Waals surface area (Å²) in [5.41, 5.74) is -0.615. The smallest absolute Gasteiger partial charge is 0.331 e. The third-order valence-electron chi connectivity index (χ3n) is 3.61. The monoisotopic (exact) mass is 362 g/mol. The van der Waals surface area contributed by atoms with Gasteiger partial charge in [-0.05, 0) is 35.9 Å². The van der Waals surface area contributed by atoms with E-state index in [0.29, 0.717) is 23.3 Å². The fraction of sp³-hybridized carbons (Fsp3) is 0.158. The van der Waals surface area contributed by atoms with Gasteiger partial charge in [-0.2, -0.15) is 18.4 Å². The van der Waals surface area contributed by atoms with Crippen LogP contribution < -0.4 is 0 Å². The first-order chi connectivity index (χ1) is 12.3. The van der Waals surface area contributed by atoms with E-state index in [1.54, 1.807) is 24.3 Å². The normalized spacial score (nSPS) is 10.9. The second-order valence-corrected chi connectivity index (χ2v) is 5.48. The number of carbonyl (C=O) groups is 1. The van der Waals surface area contributed by atoms with Gasteiger partial charge in [0.25, 0.3) is 5.91 Å². The van der Waals surface area contributed by atoms with E-state index >= 15 is 0 Å². The highest BCUT2D eigenvalue weighted by atomic mass is 19.4. The summed E-state index contributed by atoms with van der Waals surface area (Å²) in [6.07, 6.45) is -3.45. The molecule has 0 radical (unpaired) electrons. The van der Waals surface area contributed by atoms with Gasteiger partial charge in [0, 0.05) is 18.7 Å². The summed E-state index contributed by atoms with van der Waals surface area (Å²) in [5, 5.41) is 8.80. The number of nitriles is 1. The number of alkyl halides is 3. The predicted molar refractivity (Wildman–Crippen MR) is 87.5 cm³/mol. The van der Waals surface area contributed by atoms with Crippen LogP contribution in [0.4, 0.5) is 17.6 Å². The van der Waals surface area contributed by atoms with Gasteiger partial charge in [-0.15, -0.1) is 6.58 Å². The molecule has 0 N–H and O–H groups in total. The average molecular weight is 362 g/mol. The minimum absolute atomic E-state index is 0.0948. The Morgan fingerprint density at radius 2 is 1.85 bits per heavy atom. The number of carbonyl (C=O) groups excluding carboxylic acids is 1. The Hall–Kier alpha value is -3.14. The van der Waals surface area contributed by atoms with Crippen LogP contribution in [0.15, 0.2) is 55.1 Å². The molecule has 1 amide bonds. The van der Waals surface area contributed by atoms with Crippen LogP contribution in [0.5, 0.6) is 0 Å². The zero-order chi connectivity index (χ0) is 19.3. The van der Waals surface area contributed by atoms with Crippen LogP contribution in [0.3, 0.4) is 0 Å². The molecular formula is C19H14F4N2O. The molecule has 0 fully saturated rings. The van der Waals surface area contributed by atoms with Crippen molar-refractivity contribution in [1.82, 2.24) is 4.90 Å². The van der Waals surface area contributed by atoms with Gasteiger partial charge < -0.3 is 4.90 Å². The van der Waals surface area contributed by atoms with Gasteiger partial charge in [-0.25, -0.2) is 4.39 Å². The highest BCUT2D eigenvalue weighted by molar-refractivity contribution is 5.94. The molecule has 0 saturated heterocycles. The van der Waals surface area contributed by atoms with E-state index in [1.165, 1.54) is 11.0 Å². The van der Waals surface area contributed by atoms with Gasteiger partial charge in [0.2, 0.25) is 0 Å². The van der Waals surface area contributed by atoms with Crippen molar-refractivity contribution in [2.45, 2.75) is 12.7 Å². The number of amides is 1. The Labute approximate surface area is 147 Å². The summed E-state index contributed by atoms with van der Waals surface area (Å²) in [7, 11) is 0. The molecule has 0 aromatic heterocycles. The van der Waals surface area contributed by atoms with Gasteiger partial charge in [-0.1, -0.05) is 18.2 Å². The average Bonchev–Trinajstić information content (AvgIpc) is 2.61. The molecule has 134 valence electrons. The van der Waals surface area contributed by atoms with Crippen molar-refractivity contribution in [1.29, 1.82) is 5.26 Å². The van der Waals surface area contributed by atoms with E-state index in [4.69, 9.17) is 5.26 Å². The van der Waals surface area contributed by atoms with Crippen molar-refractivity contribution in [2.75, 3.05) is 6.54 Å². The van der Waals surface area contributed by atoms with Crippen molar-refractivity contribution in [2.24, 2.45) is 0 Å². The van der Waals surface area contributed by atoms with E-state index in [0.717, 1.165) is 6.07 Å². The molecule has 0 unspecified atom stereocenters. The maximum atomic E-state index is 13.4. The molecule has 0 saturated carbocycles. The molecule has 0 atom stereocenters. The number of hydrogen-bond donors (Lipinski definition) is 0. The van der Waals surface area contributed by atoms with Crippen molar-refractivity contribution in [3.63, 3.8) is 0 Å². The van der Waals surface area contributed by atoms with E-state index in [-0.39, 0.29) is 18.7 Å². The van der Waals surface area contributed by atoms with Crippen LogP contribution in [-0.2, 0) is 12.7 Å². The predicted octanol–water partition coefficient (Wildman–Crippen LogP) is 4.54. The molecule has 2 aromatic rings. The zero-order valence-corrected chi connectivity index (χ0v) is 13.6. The molecule has 3 nitrogen and oxygen atoms in total. The van der Waals surface area contributed by atoms with Gasteiger partial charge in [-0.3, -0.25) is 4.79 Å². The summed E-state index contributed by atoms with van der Waals surface area (Å²) < 4.78 is 52.0. The fourth-order valence-electron chi connectivity index (χ4n) is 2.34. The first-order valence-electron chi connectivity index (χ1n) is 7.52. The molecule has 0 bridgehead atoms. The van der Waals surface area contributed by atoms with Crippen molar-refractivity contribution >= 4 is 5.91 Å². The number of nitrogens with zero attached hydrogens (tertiary/aromatic N) is 2. The van der Waals surface area contributed by atoms with Gasteiger partial charge >= 0.3 is 6.18 Å². The maximum Gasteiger partial charge on any atom is 0.419 e. The molecule has 0 aliphatic carbocycles. The SMILES string of the molecule is C=CCN(Cc1ccc(C#N)cc1)C(=O)c1ccc(F)c(C(F)(F)F)c1. The third kappa shape index (κ3) is 4.48. The standard InChI is InChI=1S/C19H14F4N2O/c1-2-9-25(12-14-5-3-13(11-24)4-6-14)18(26)15-7-8-17(20)16(10-15)19(21,22)23/h2-8,10H,1,9,12H2. The first-order valence-corrected chi connectivity index (χ1v) is 7.52. The van der Waals surface area contributed by atoms with Crippen LogP contribution in [0.1, 0.15) is 27.0 Å². The highest BCUT2D eigenvalue weighted by Gasteiger charge is 2.35. The lowest BCUT2D eigenvalue weighted by atomic mass is 10.1. The second kappa shape index (κ2) is 7.83. The Balaban J connectivity index is 2.30. The van der Waals surface area contributed by atoms with Crippen LogP contribution in [0.2, 0.25) is 0 Å². The molecule has 2 rings (SSSR count). The maximum absolute atomic E-state index is 13.4. The largest absolute Gasteiger partial charge is 0.419 e. The summed E-state index contributed by atoms with van der Waals surface area (Å²) in [5.74, 6) is -2.11. The fourth-order valence-corrected chi connectivity index (χ4v) is 2.34. The van der Waals surface area contributed by atoms with Gasteiger partial charge in [0.05, 0.1) is 17.2 Å². The topological polar surface area (TPSA) is 44.1 Å². The van der Waals surface area contributed by atoms with E-state index in [1.807, 2.05) is 6.07 Å². The summed E-state index contributed by atoms with van der Waals surface area (Å²) in [4.78, 5) is 13.9. The van der Waals surface area contributed by atoms with Crippen LogP contribution >= 0.6 is 0 Å². The lowest BCUT2D eigenvalue weighted by Gasteiger charge is -2.22. The van der Waals surface area contributed by atoms with Gasteiger partial charge in [0.15, 0.2) is 0 Å². The third-order valence-corrected chi connectivity index (χ3v) is 3.61. The lowest BCUT2D eigenvalue weighted by molar-refractivity contribution is -0.140. The Morgan fingerprint density at radius 3 is 2.38 bits per heavy atom. The Bertz CT molecular complexity index is 851. The van der Waals surface area contributed by atoms with E-state index < -0.39 is 23.5 Å². The van der Waals surface area contributed by atoms with Crippen LogP contribution in [-0.4, -0.2) is 17.4 Å². The minimum Gasteiger partial charge on any atom is -0.331 e. The molecule has 0 aliphatic rings. The second-order valence-electron chi connectivity index (χ2n) is 5.48. The molecule has 26 heavy (non-hydrogen) atoms. The number of halogens is 4. The zero-order valence-electron chi connectivity index (χ0n) is 13.6. The van der Waals surface area contributed by atoms with Crippen LogP contribution in [0.25, 0.3) is 0 Å². The van der Waals surface area contributed by atoms with Gasteiger partial charge in [0.1, 0.15) is 5.82 Å². The molecule has 0 aliphatic heterocycles. The van der Waals surface area contributed by atoms with Crippen LogP contribution in [0, 0.1) is 17.1 Å². The summed E-state index contributed by atoms with van der Waals surface area (Å²) >= 11 is 0.